The van der Waals surface area contributed by atoms with Crippen LogP contribution in [0.5, 0.6) is 0 Å². The van der Waals surface area contributed by atoms with Crippen LogP contribution in [-0.2, 0) is 9.16 Å². The lowest BCUT2D eigenvalue weighted by Crippen LogP contribution is -2.41. The van der Waals surface area contributed by atoms with Crippen LogP contribution < -0.4 is 0 Å². The molecule has 1 aliphatic heterocycles. The van der Waals surface area contributed by atoms with Crippen LogP contribution >= 0.6 is 0 Å². The van der Waals surface area contributed by atoms with Crippen LogP contribution in [0.1, 0.15) is 27.7 Å². The molecule has 78 valence electrons. The highest BCUT2D eigenvalue weighted by Crippen LogP contribution is 2.37. The maximum absolute atomic E-state index is 6.00. The Hall–Kier alpha value is 0.137. The zero-order valence-corrected chi connectivity index (χ0v) is 10.7. The highest BCUT2D eigenvalue weighted by molar-refractivity contribution is 6.74. The fraction of sp³-hybridized carbons (Fsp3) is 1.00. The molecule has 2 atom stereocenters. The van der Waals surface area contributed by atoms with E-state index in [9.17, 15) is 0 Å². The van der Waals surface area contributed by atoms with E-state index in [4.69, 9.17) is 9.16 Å². The highest BCUT2D eigenvalue weighted by atomic mass is 28.4. The summed E-state index contributed by atoms with van der Waals surface area (Å²) in [6, 6.07) is 0. The third-order valence-electron chi connectivity index (χ3n) is 3.25. The molecule has 0 aromatic carbocycles. The van der Waals surface area contributed by atoms with Crippen molar-refractivity contribution >= 4 is 8.32 Å². The van der Waals surface area contributed by atoms with E-state index in [2.05, 4.69) is 40.8 Å². The van der Waals surface area contributed by atoms with Gasteiger partial charge < -0.3 is 9.16 Å². The predicted molar refractivity (Wildman–Crippen MR) is 57.5 cm³/mol. The van der Waals surface area contributed by atoms with E-state index in [1.165, 1.54) is 0 Å². The Labute approximate surface area is 82.7 Å². The number of rotatable bonds is 3. The summed E-state index contributed by atoms with van der Waals surface area (Å²) in [6.45, 7) is 14.2. The minimum atomic E-state index is -1.54. The van der Waals surface area contributed by atoms with Crippen molar-refractivity contribution in [3.63, 3.8) is 0 Å². The van der Waals surface area contributed by atoms with Crippen molar-refractivity contribution in [3.8, 4) is 0 Å². The lowest BCUT2D eigenvalue weighted by atomic mass is 10.2. The Morgan fingerprint density at radius 1 is 1.31 bits per heavy atom. The number of ether oxygens (including phenoxy) is 1. The van der Waals surface area contributed by atoms with Crippen molar-refractivity contribution in [1.29, 1.82) is 0 Å². The third-order valence-corrected chi connectivity index (χ3v) is 7.75. The maximum Gasteiger partial charge on any atom is 0.192 e. The van der Waals surface area contributed by atoms with Crippen molar-refractivity contribution in [2.45, 2.75) is 58.0 Å². The van der Waals surface area contributed by atoms with Gasteiger partial charge in [0.2, 0.25) is 0 Å². The molecule has 0 amide bonds. The fourth-order valence-corrected chi connectivity index (χ4v) is 1.93. The fourth-order valence-electron chi connectivity index (χ4n) is 0.912. The van der Waals surface area contributed by atoms with Gasteiger partial charge >= 0.3 is 0 Å². The summed E-state index contributed by atoms with van der Waals surface area (Å²) in [5.41, 5.74) is 0. The summed E-state index contributed by atoms with van der Waals surface area (Å²) in [5, 5.41) is 0.311. The van der Waals surface area contributed by atoms with E-state index in [0.717, 1.165) is 6.61 Å². The van der Waals surface area contributed by atoms with Gasteiger partial charge in [0, 0.05) is 0 Å². The molecule has 0 unspecified atom stereocenters. The van der Waals surface area contributed by atoms with Crippen molar-refractivity contribution in [2.24, 2.45) is 0 Å². The maximum atomic E-state index is 6.00. The molecular weight excluding hydrogens is 180 g/mol. The highest BCUT2D eigenvalue weighted by Gasteiger charge is 2.41. The molecule has 1 saturated heterocycles. The average Bonchev–Trinajstić information content (AvgIpc) is 2.60. The van der Waals surface area contributed by atoms with E-state index < -0.39 is 8.32 Å². The normalized spacial score (nSPS) is 29.1. The Morgan fingerprint density at radius 3 is 2.08 bits per heavy atom. The summed E-state index contributed by atoms with van der Waals surface area (Å²) in [4.78, 5) is 0. The molecule has 2 nitrogen and oxygen atoms in total. The van der Waals surface area contributed by atoms with Gasteiger partial charge in [-0.1, -0.05) is 20.8 Å². The van der Waals surface area contributed by atoms with Crippen LogP contribution in [0.15, 0.2) is 0 Å². The van der Waals surface area contributed by atoms with E-state index in [-0.39, 0.29) is 0 Å². The summed E-state index contributed by atoms with van der Waals surface area (Å²) in [6.07, 6.45) is 0.791. The summed E-state index contributed by atoms with van der Waals surface area (Å²) < 4.78 is 11.3. The molecule has 1 rings (SSSR count). The molecule has 13 heavy (non-hydrogen) atoms. The van der Waals surface area contributed by atoms with Crippen molar-refractivity contribution in [3.05, 3.63) is 0 Å². The van der Waals surface area contributed by atoms with E-state index in [0.29, 0.717) is 17.2 Å². The first-order valence-electron chi connectivity index (χ1n) is 5.03. The van der Waals surface area contributed by atoms with Crippen LogP contribution in [0.2, 0.25) is 18.1 Å². The molecule has 3 heteroatoms. The lowest BCUT2D eigenvalue weighted by molar-refractivity contribution is 0.242. The van der Waals surface area contributed by atoms with Gasteiger partial charge in [0.25, 0.3) is 0 Å². The topological polar surface area (TPSA) is 21.8 Å². The van der Waals surface area contributed by atoms with Gasteiger partial charge in [-0.05, 0) is 25.1 Å². The smallest absolute Gasteiger partial charge is 0.192 e. The molecule has 1 aliphatic rings. The standard InChI is InChI=1S/C10H22O2Si/c1-8-9(12-8)7-11-13(5,6)10(2,3)4/h8-9H,7H2,1-6H3/t8-,9+/m0/s1. The number of hydrogen-bond donors (Lipinski definition) is 0. The quantitative estimate of drug-likeness (QED) is 0.518. The molecule has 0 aliphatic carbocycles. The molecule has 0 aromatic rings. The van der Waals surface area contributed by atoms with E-state index >= 15 is 0 Å². The van der Waals surface area contributed by atoms with Gasteiger partial charge in [-0.15, -0.1) is 0 Å². The van der Waals surface area contributed by atoms with Crippen molar-refractivity contribution < 1.29 is 9.16 Å². The minimum absolute atomic E-state index is 0.311. The second-order valence-corrected chi connectivity index (χ2v) is 10.3. The van der Waals surface area contributed by atoms with Crippen LogP contribution in [0.4, 0.5) is 0 Å². The molecule has 0 bridgehead atoms. The van der Waals surface area contributed by atoms with E-state index in [1.807, 2.05) is 0 Å². The Balaban J connectivity index is 2.34. The van der Waals surface area contributed by atoms with Gasteiger partial charge in [-0.2, -0.15) is 0 Å². The number of hydrogen-bond acceptors (Lipinski definition) is 2. The lowest BCUT2D eigenvalue weighted by Gasteiger charge is -2.35. The predicted octanol–water partition coefficient (Wildman–Crippen LogP) is 2.80. The molecule has 0 saturated carbocycles. The van der Waals surface area contributed by atoms with Gasteiger partial charge in [0.1, 0.15) is 6.10 Å². The first kappa shape index (κ1) is 11.2. The van der Waals surface area contributed by atoms with Crippen LogP contribution in [-0.4, -0.2) is 27.1 Å². The minimum Gasteiger partial charge on any atom is -0.414 e. The van der Waals surface area contributed by atoms with Gasteiger partial charge in [0.15, 0.2) is 8.32 Å². The molecular formula is C10H22O2Si. The molecule has 0 radical (unpaired) electrons. The SMILES string of the molecule is C[C@@H]1O[C@@H]1CO[Si](C)(C)C(C)(C)C. The average molecular weight is 202 g/mol. The molecule has 1 heterocycles. The largest absolute Gasteiger partial charge is 0.414 e. The first-order valence-corrected chi connectivity index (χ1v) is 7.94. The number of epoxide rings is 1. The zero-order chi connectivity index (χ0) is 10.3. The molecule has 0 spiro atoms. The van der Waals surface area contributed by atoms with Gasteiger partial charge in [0.05, 0.1) is 12.7 Å². The second-order valence-electron chi connectivity index (χ2n) is 5.45. The zero-order valence-electron chi connectivity index (χ0n) is 9.68. The van der Waals surface area contributed by atoms with Crippen LogP contribution in [0, 0.1) is 0 Å². The Kier molecular flexibility index (Phi) is 2.91. The van der Waals surface area contributed by atoms with Crippen LogP contribution in [0.25, 0.3) is 0 Å². The molecule has 1 fully saturated rings. The van der Waals surface area contributed by atoms with Crippen molar-refractivity contribution in [2.75, 3.05) is 6.61 Å². The van der Waals surface area contributed by atoms with Crippen molar-refractivity contribution in [1.82, 2.24) is 0 Å². The Bertz CT molecular complexity index is 184. The third kappa shape index (κ3) is 2.79. The summed E-state index contributed by atoms with van der Waals surface area (Å²) >= 11 is 0. The second kappa shape index (κ2) is 3.37. The molecule has 0 N–H and O–H groups in total. The summed E-state index contributed by atoms with van der Waals surface area (Å²) in [5.74, 6) is 0. The van der Waals surface area contributed by atoms with Gasteiger partial charge in [-0.3, -0.25) is 0 Å². The first-order chi connectivity index (χ1) is 5.74. The molecule has 0 aromatic heterocycles. The van der Waals surface area contributed by atoms with E-state index in [1.54, 1.807) is 0 Å². The summed E-state index contributed by atoms with van der Waals surface area (Å²) in [7, 11) is -1.54. The monoisotopic (exact) mass is 202 g/mol. The van der Waals surface area contributed by atoms with Crippen LogP contribution in [0.3, 0.4) is 0 Å². The van der Waals surface area contributed by atoms with Gasteiger partial charge in [-0.25, -0.2) is 0 Å². The Morgan fingerprint density at radius 2 is 1.77 bits per heavy atom.